The zero-order valence-electron chi connectivity index (χ0n) is 23.7. The molecule has 258 valence electrons. The van der Waals surface area contributed by atoms with Crippen LogP contribution in [-0.2, 0) is 28.7 Å². The lowest BCUT2D eigenvalue weighted by molar-refractivity contribution is -0.149. The Morgan fingerprint density at radius 3 is 1.26 bits per heavy atom. The lowest BCUT2D eigenvalue weighted by Crippen LogP contribution is -2.33. The molecule has 0 radical (unpaired) electrons. The number of hydrogen-bond acceptors (Lipinski definition) is 21. The summed E-state index contributed by atoms with van der Waals surface area (Å²) in [6, 6.07) is 0. The first kappa shape index (κ1) is 39.7. The van der Waals surface area contributed by atoms with Crippen molar-refractivity contribution in [3.8, 4) is 28.7 Å². The third-order valence-corrected chi connectivity index (χ3v) is 5.12. The molecule has 1 aromatic carbocycles. The molecule has 5 unspecified atom stereocenters. The minimum Gasteiger partial charge on any atom is -0.490 e. The van der Waals surface area contributed by atoms with Crippen LogP contribution in [0.15, 0.2) is 6.08 Å². The van der Waals surface area contributed by atoms with Gasteiger partial charge in [-0.3, -0.25) is 0 Å². The van der Waals surface area contributed by atoms with E-state index in [0.717, 1.165) is 7.11 Å². The minimum absolute atomic E-state index is 0.494. The molecule has 0 aliphatic rings. The highest BCUT2D eigenvalue weighted by Crippen LogP contribution is 2.55. The highest BCUT2D eigenvalue weighted by atomic mass is 16.6. The Morgan fingerprint density at radius 2 is 0.913 bits per heavy atom. The van der Waals surface area contributed by atoms with E-state index in [0.29, 0.717) is 12.2 Å². The lowest BCUT2D eigenvalue weighted by atomic mass is 10.1. The molecule has 0 amide bonds. The van der Waals surface area contributed by atoms with Crippen LogP contribution in [0.2, 0.25) is 0 Å². The number of methoxy groups -OCH3 is 1. The van der Waals surface area contributed by atoms with Crippen LogP contribution in [0.3, 0.4) is 0 Å². The Hall–Kier alpha value is -4.29. The van der Waals surface area contributed by atoms with Crippen molar-refractivity contribution in [3.63, 3.8) is 0 Å². The third kappa shape index (κ3) is 11.0. The SMILES string of the molecule is COc1c(OC(=O)C(O)CO)c(C=CC(=O)OCC(O)CO)c(OC(=O)C(O)CO)c(OC(=O)C(O)CO)c1OC(=O)C(O)CO. The average molecular weight is 669 g/mol. The second kappa shape index (κ2) is 19.3. The molecule has 21 nitrogen and oxygen atoms in total. The summed E-state index contributed by atoms with van der Waals surface area (Å²) >= 11 is 0. The van der Waals surface area contributed by atoms with Crippen molar-refractivity contribution in [3.05, 3.63) is 11.6 Å². The first-order valence-corrected chi connectivity index (χ1v) is 12.6. The summed E-state index contributed by atoms with van der Waals surface area (Å²) in [6.45, 7) is -6.57. The first-order valence-electron chi connectivity index (χ1n) is 12.6. The van der Waals surface area contributed by atoms with Gasteiger partial charge in [-0.05, 0) is 6.08 Å². The molecule has 10 N–H and O–H groups in total. The Labute approximate surface area is 257 Å². The second-order valence-electron chi connectivity index (χ2n) is 8.54. The van der Waals surface area contributed by atoms with Gasteiger partial charge in [0.2, 0.25) is 17.2 Å². The molecule has 0 fully saturated rings. The fraction of sp³-hybridized carbons (Fsp3) is 0.480. The van der Waals surface area contributed by atoms with Crippen molar-refractivity contribution in [1.82, 2.24) is 0 Å². The minimum atomic E-state index is -2.33. The van der Waals surface area contributed by atoms with Crippen LogP contribution in [0, 0.1) is 0 Å². The maximum atomic E-state index is 12.6. The van der Waals surface area contributed by atoms with Gasteiger partial charge in [-0.1, -0.05) is 0 Å². The lowest BCUT2D eigenvalue weighted by Gasteiger charge is -2.23. The fourth-order valence-corrected chi connectivity index (χ4v) is 2.79. The molecule has 5 atom stereocenters. The van der Waals surface area contributed by atoms with E-state index < -0.39 is 134 Å². The first-order chi connectivity index (χ1) is 21.7. The molecule has 0 heterocycles. The van der Waals surface area contributed by atoms with Crippen molar-refractivity contribution >= 4 is 35.9 Å². The van der Waals surface area contributed by atoms with Gasteiger partial charge in [0.15, 0.2) is 35.9 Å². The monoisotopic (exact) mass is 668 g/mol. The quantitative estimate of drug-likeness (QED) is 0.0395. The standard InChI is InChI=1S/C25H32O21/c1-41-19-17(43-22(37)12(32)5-27)11(2-3-16(36)42-9-10(31)4-26)18(44-23(38)13(33)6-28)20(45-24(39)14(34)7-29)21(19)46-25(40)15(35)8-30/h2-3,10,12-15,26-35H,4-9H2,1H3. The predicted octanol–water partition coefficient (Wildman–Crippen LogP) is -6.36. The topological polar surface area (TPSA) is 343 Å². The van der Waals surface area contributed by atoms with E-state index in [4.69, 9.17) is 33.9 Å². The number of rotatable bonds is 18. The van der Waals surface area contributed by atoms with Gasteiger partial charge in [0.1, 0.15) is 12.7 Å². The zero-order chi connectivity index (χ0) is 35.1. The molecule has 0 saturated heterocycles. The van der Waals surface area contributed by atoms with Gasteiger partial charge in [-0.2, -0.15) is 0 Å². The molecule has 1 rings (SSSR count). The highest BCUT2D eigenvalue weighted by Gasteiger charge is 2.37. The number of ether oxygens (including phenoxy) is 6. The molecule has 1 aromatic rings. The summed E-state index contributed by atoms with van der Waals surface area (Å²) in [6.07, 6.45) is -9.66. The molecule has 0 aliphatic carbocycles. The molecule has 46 heavy (non-hydrogen) atoms. The van der Waals surface area contributed by atoms with E-state index >= 15 is 0 Å². The Morgan fingerprint density at radius 1 is 0.565 bits per heavy atom. The zero-order valence-corrected chi connectivity index (χ0v) is 23.7. The number of aliphatic hydroxyl groups is 10. The highest BCUT2D eigenvalue weighted by molar-refractivity contribution is 5.94. The van der Waals surface area contributed by atoms with Crippen LogP contribution >= 0.6 is 0 Å². The van der Waals surface area contributed by atoms with Crippen molar-refractivity contribution < 1.29 is 103 Å². The van der Waals surface area contributed by atoms with Gasteiger partial charge < -0.3 is 79.5 Å². The number of carbonyl (C=O) groups excluding carboxylic acids is 5. The number of esters is 5. The number of carbonyl (C=O) groups is 5. The largest absolute Gasteiger partial charge is 0.490 e. The second-order valence-corrected chi connectivity index (χ2v) is 8.54. The molecular weight excluding hydrogens is 636 g/mol. The number of hydrogen-bond donors (Lipinski definition) is 10. The van der Waals surface area contributed by atoms with E-state index in [-0.39, 0.29) is 0 Å². The van der Waals surface area contributed by atoms with Crippen LogP contribution in [0.1, 0.15) is 5.56 Å². The average Bonchev–Trinajstić information content (AvgIpc) is 3.06. The molecule has 0 aliphatic heterocycles. The fourth-order valence-electron chi connectivity index (χ4n) is 2.79. The van der Waals surface area contributed by atoms with Gasteiger partial charge in [-0.15, -0.1) is 0 Å². The van der Waals surface area contributed by atoms with Crippen molar-refractivity contribution in [2.75, 3.05) is 46.8 Å². The third-order valence-electron chi connectivity index (χ3n) is 5.12. The molecular formula is C25H32O21. The maximum Gasteiger partial charge on any atom is 0.343 e. The number of aliphatic hydroxyl groups excluding tert-OH is 10. The summed E-state index contributed by atoms with van der Waals surface area (Å²) in [7, 11) is 0.808. The molecule has 21 heteroatoms. The normalized spacial score (nSPS) is 14.4. The van der Waals surface area contributed by atoms with Crippen LogP contribution in [-0.4, -0.2) is 158 Å². The van der Waals surface area contributed by atoms with Crippen LogP contribution < -0.4 is 23.7 Å². The van der Waals surface area contributed by atoms with Gasteiger partial charge in [0.25, 0.3) is 0 Å². The summed E-state index contributed by atoms with van der Waals surface area (Å²) < 4.78 is 29.7. The van der Waals surface area contributed by atoms with E-state index in [1.807, 2.05) is 0 Å². The van der Waals surface area contributed by atoms with Gasteiger partial charge in [-0.25, -0.2) is 24.0 Å². The van der Waals surface area contributed by atoms with Crippen molar-refractivity contribution in [2.45, 2.75) is 30.5 Å². The van der Waals surface area contributed by atoms with Gasteiger partial charge in [0, 0.05) is 6.08 Å². The van der Waals surface area contributed by atoms with Crippen LogP contribution in [0.25, 0.3) is 6.08 Å². The Bertz CT molecular complexity index is 1260. The smallest absolute Gasteiger partial charge is 0.343 e. The van der Waals surface area contributed by atoms with E-state index in [1.54, 1.807) is 0 Å². The van der Waals surface area contributed by atoms with E-state index in [2.05, 4.69) is 4.74 Å². The van der Waals surface area contributed by atoms with Gasteiger partial charge in [0.05, 0.1) is 45.7 Å². The van der Waals surface area contributed by atoms with Crippen LogP contribution in [0.4, 0.5) is 0 Å². The maximum absolute atomic E-state index is 12.6. The summed E-state index contributed by atoms with van der Waals surface area (Å²) in [5.41, 5.74) is -0.891. The molecule has 0 saturated carbocycles. The van der Waals surface area contributed by atoms with Crippen LogP contribution in [0.5, 0.6) is 28.7 Å². The van der Waals surface area contributed by atoms with Crippen molar-refractivity contribution in [2.24, 2.45) is 0 Å². The molecule has 0 spiro atoms. The van der Waals surface area contributed by atoms with E-state index in [9.17, 15) is 64.8 Å². The Kier molecular flexibility index (Phi) is 16.6. The van der Waals surface area contributed by atoms with Gasteiger partial charge >= 0.3 is 29.8 Å². The summed E-state index contributed by atoms with van der Waals surface area (Å²) in [5.74, 6) is -14.0. The number of benzene rings is 1. The summed E-state index contributed by atoms with van der Waals surface area (Å²) in [4.78, 5) is 62.4. The van der Waals surface area contributed by atoms with Crippen molar-refractivity contribution in [1.29, 1.82) is 0 Å². The summed E-state index contributed by atoms with van der Waals surface area (Å²) in [5, 5.41) is 94.2. The predicted molar refractivity (Wildman–Crippen MR) is 141 cm³/mol. The van der Waals surface area contributed by atoms with E-state index in [1.165, 1.54) is 0 Å². The molecule has 0 aromatic heterocycles. The molecule has 0 bridgehead atoms. The Balaban J connectivity index is 4.31.